The highest BCUT2D eigenvalue weighted by atomic mass is 16.5. The van der Waals surface area contributed by atoms with Crippen LogP contribution in [0.5, 0.6) is 0 Å². The highest BCUT2D eigenvalue weighted by Crippen LogP contribution is 2.19. The predicted octanol–water partition coefficient (Wildman–Crippen LogP) is -0.0417. The molecule has 2 amide bonds. The summed E-state index contributed by atoms with van der Waals surface area (Å²) in [6, 6.07) is -0.120. The molecule has 2 heterocycles. The van der Waals surface area contributed by atoms with E-state index in [1.807, 2.05) is 17.1 Å². The van der Waals surface area contributed by atoms with Crippen molar-refractivity contribution in [1.82, 2.24) is 15.5 Å². The number of nitrogens with one attached hydrogen (secondary N) is 2. The number of morpholine rings is 1. The van der Waals surface area contributed by atoms with Crippen LogP contribution in [0.25, 0.3) is 0 Å². The Morgan fingerprint density at radius 3 is 2.50 bits per heavy atom. The molecule has 2 fully saturated rings. The first-order chi connectivity index (χ1) is 13.6. The van der Waals surface area contributed by atoms with Crippen molar-refractivity contribution >= 4 is 11.8 Å². The number of amides is 2. The van der Waals surface area contributed by atoms with Gasteiger partial charge in [-0.15, -0.1) is 0 Å². The number of carbonyl (C=O) groups is 2. The SMILES string of the molecule is O=C(C[C@H]1C=C[C@@H](NC(=O)CN2CCOCC2)[C@H](CO)O1)NC1CCCCC1. The lowest BCUT2D eigenvalue weighted by Crippen LogP contribution is -2.52. The largest absolute Gasteiger partial charge is 0.394 e. The Labute approximate surface area is 166 Å². The van der Waals surface area contributed by atoms with E-state index in [9.17, 15) is 14.7 Å². The average Bonchev–Trinajstić information content (AvgIpc) is 2.70. The van der Waals surface area contributed by atoms with Crippen molar-refractivity contribution in [2.45, 2.75) is 62.8 Å². The van der Waals surface area contributed by atoms with Crippen molar-refractivity contribution < 1.29 is 24.2 Å². The normalized spacial score (nSPS) is 29.4. The lowest BCUT2D eigenvalue weighted by molar-refractivity contribution is -0.129. The van der Waals surface area contributed by atoms with Gasteiger partial charge in [0.1, 0.15) is 6.10 Å². The van der Waals surface area contributed by atoms with Gasteiger partial charge in [0.15, 0.2) is 0 Å². The molecule has 1 saturated carbocycles. The Balaban J connectivity index is 1.44. The van der Waals surface area contributed by atoms with Crippen LogP contribution in [-0.4, -0.2) is 85.6 Å². The van der Waals surface area contributed by atoms with E-state index in [-0.39, 0.29) is 37.0 Å². The zero-order valence-electron chi connectivity index (χ0n) is 16.5. The fourth-order valence-corrected chi connectivity index (χ4v) is 4.05. The van der Waals surface area contributed by atoms with E-state index < -0.39 is 12.1 Å². The van der Waals surface area contributed by atoms with E-state index in [0.717, 1.165) is 25.9 Å². The maximum atomic E-state index is 12.3. The van der Waals surface area contributed by atoms with Gasteiger partial charge in [0.2, 0.25) is 11.8 Å². The quantitative estimate of drug-likeness (QED) is 0.523. The first-order valence-electron chi connectivity index (χ1n) is 10.5. The Morgan fingerprint density at radius 1 is 1.04 bits per heavy atom. The number of nitrogens with zero attached hydrogens (tertiary/aromatic N) is 1. The minimum Gasteiger partial charge on any atom is -0.394 e. The minimum absolute atomic E-state index is 0.0203. The van der Waals surface area contributed by atoms with Crippen molar-refractivity contribution in [3.8, 4) is 0 Å². The van der Waals surface area contributed by atoms with E-state index in [2.05, 4.69) is 10.6 Å². The van der Waals surface area contributed by atoms with E-state index >= 15 is 0 Å². The molecule has 0 unspecified atom stereocenters. The number of hydrogen-bond acceptors (Lipinski definition) is 6. The molecule has 8 heteroatoms. The Kier molecular flexibility index (Phi) is 8.27. The second-order valence-electron chi connectivity index (χ2n) is 7.87. The highest BCUT2D eigenvalue weighted by Gasteiger charge is 2.30. The first kappa shape index (κ1) is 21.2. The number of hydrogen-bond donors (Lipinski definition) is 3. The standard InChI is InChI=1S/C20H33N3O5/c24-14-18-17(22-20(26)13-23-8-10-27-11-9-23)7-6-16(28-18)12-19(25)21-15-4-2-1-3-5-15/h6-7,15-18,24H,1-5,8-14H2,(H,21,25)(H,22,26)/t16-,17-,18+/m1/s1. The zero-order chi connectivity index (χ0) is 19.8. The lowest BCUT2D eigenvalue weighted by atomic mass is 9.95. The third-order valence-corrected chi connectivity index (χ3v) is 5.62. The van der Waals surface area contributed by atoms with E-state index in [1.165, 1.54) is 19.3 Å². The van der Waals surface area contributed by atoms with Gasteiger partial charge in [-0.1, -0.05) is 31.4 Å². The van der Waals surface area contributed by atoms with Crippen LogP contribution in [0, 0.1) is 0 Å². The molecule has 3 rings (SSSR count). The maximum Gasteiger partial charge on any atom is 0.234 e. The molecule has 158 valence electrons. The molecule has 3 atom stereocenters. The van der Waals surface area contributed by atoms with Gasteiger partial charge in [0.25, 0.3) is 0 Å². The molecule has 0 aromatic heterocycles. The van der Waals surface area contributed by atoms with Gasteiger partial charge in [0, 0.05) is 19.1 Å². The second-order valence-corrected chi connectivity index (χ2v) is 7.87. The van der Waals surface area contributed by atoms with Crippen LogP contribution >= 0.6 is 0 Å². The molecule has 1 aliphatic carbocycles. The number of rotatable bonds is 7. The Hall–Kier alpha value is -1.48. The van der Waals surface area contributed by atoms with Gasteiger partial charge in [-0.2, -0.15) is 0 Å². The summed E-state index contributed by atoms with van der Waals surface area (Å²) in [4.78, 5) is 26.6. The van der Waals surface area contributed by atoms with E-state index in [4.69, 9.17) is 9.47 Å². The number of ether oxygens (including phenoxy) is 2. The minimum atomic E-state index is -0.550. The van der Waals surface area contributed by atoms with Gasteiger partial charge in [0.05, 0.1) is 44.9 Å². The molecule has 0 bridgehead atoms. The summed E-state index contributed by atoms with van der Waals surface area (Å²) in [5.41, 5.74) is 0. The van der Waals surface area contributed by atoms with Crippen molar-refractivity contribution in [2.75, 3.05) is 39.5 Å². The van der Waals surface area contributed by atoms with Crippen LogP contribution < -0.4 is 10.6 Å². The van der Waals surface area contributed by atoms with E-state index in [1.54, 1.807) is 0 Å². The summed E-state index contributed by atoms with van der Waals surface area (Å²) >= 11 is 0. The molecule has 8 nitrogen and oxygen atoms in total. The van der Waals surface area contributed by atoms with Crippen LogP contribution in [0.15, 0.2) is 12.2 Å². The molecule has 0 radical (unpaired) electrons. The van der Waals surface area contributed by atoms with Crippen molar-refractivity contribution in [3.63, 3.8) is 0 Å². The second kappa shape index (κ2) is 10.9. The fourth-order valence-electron chi connectivity index (χ4n) is 4.05. The Morgan fingerprint density at radius 2 is 1.79 bits per heavy atom. The summed E-state index contributed by atoms with van der Waals surface area (Å²) in [7, 11) is 0. The molecule has 3 N–H and O–H groups in total. The van der Waals surface area contributed by atoms with Crippen molar-refractivity contribution in [2.24, 2.45) is 0 Å². The van der Waals surface area contributed by atoms with Crippen LogP contribution in [0.3, 0.4) is 0 Å². The summed E-state index contributed by atoms with van der Waals surface area (Å²) < 4.78 is 11.1. The monoisotopic (exact) mass is 395 g/mol. The number of aliphatic hydroxyl groups is 1. The summed E-state index contributed by atoms with van der Waals surface area (Å²) in [6.45, 7) is 2.86. The summed E-state index contributed by atoms with van der Waals surface area (Å²) in [5, 5.41) is 15.7. The molecule has 28 heavy (non-hydrogen) atoms. The maximum absolute atomic E-state index is 12.3. The Bertz CT molecular complexity index is 544. The fraction of sp³-hybridized carbons (Fsp3) is 0.800. The van der Waals surface area contributed by atoms with Gasteiger partial charge < -0.3 is 25.2 Å². The summed E-state index contributed by atoms with van der Waals surface area (Å²) in [5.74, 6) is -0.125. The summed E-state index contributed by atoms with van der Waals surface area (Å²) in [6.07, 6.45) is 8.63. The molecule has 0 aromatic rings. The first-order valence-corrected chi connectivity index (χ1v) is 10.5. The van der Waals surface area contributed by atoms with Crippen molar-refractivity contribution in [3.05, 3.63) is 12.2 Å². The predicted molar refractivity (Wildman–Crippen MR) is 104 cm³/mol. The van der Waals surface area contributed by atoms with Gasteiger partial charge >= 0.3 is 0 Å². The molecule has 2 aliphatic heterocycles. The topological polar surface area (TPSA) is 100 Å². The highest BCUT2D eigenvalue weighted by molar-refractivity contribution is 5.79. The molecular weight excluding hydrogens is 362 g/mol. The molecule has 1 saturated heterocycles. The van der Waals surface area contributed by atoms with Crippen molar-refractivity contribution in [1.29, 1.82) is 0 Å². The smallest absolute Gasteiger partial charge is 0.234 e. The number of aliphatic hydroxyl groups excluding tert-OH is 1. The molecule has 0 spiro atoms. The van der Waals surface area contributed by atoms with Crippen LogP contribution in [0.2, 0.25) is 0 Å². The molecular formula is C20H33N3O5. The van der Waals surface area contributed by atoms with Gasteiger partial charge in [-0.05, 0) is 12.8 Å². The van der Waals surface area contributed by atoms with Crippen LogP contribution in [-0.2, 0) is 19.1 Å². The lowest BCUT2D eigenvalue weighted by Gasteiger charge is -2.33. The third kappa shape index (κ3) is 6.55. The number of carbonyl (C=O) groups excluding carboxylic acids is 2. The van der Waals surface area contributed by atoms with E-state index in [0.29, 0.717) is 19.8 Å². The zero-order valence-corrected chi connectivity index (χ0v) is 16.5. The van der Waals surface area contributed by atoms with Crippen LogP contribution in [0.1, 0.15) is 38.5 Å². The third-order valence-electron chi connectivity index (χ3n) is 5.62. The molecule has 3 aliphatic rings. The van der Waals surface area contributed by atoms with Gasteiger partial charge in [-0.25, -0.2) is 0 Å². The van der Waals surface area contributed by atoms with Crippen LogP contribution in [0.4, 0.5) is 0 Å². The van der Waals surface area contributed by atoms with Gasteiger partial charge in [-0.3, -0.25) is 14.5 Å². The average molecular weight is 396 g/mol. The molecule has 0 aromatic carbocycles.